The van der Waals surface area contributed by atoms with Crippen molar-refractivity contribution >= 4 is 34.4 Å². The van der Waals surface area contributed by atoms with Crippen LogP contribution in [-0.2, 0) is 16.1 Å². The summed E-state index contributed by atoms with van der Waals surface area (Å²) < 4.78 is 1.36. The highest BCUT2D eigenvalue weighted by atomic mass is 16.2. The monoisotopic (exact) mass is 313 g/mol. The van der Waals surface area contributed by atoms with Gasteiger partial charge in [-0.3, -0.25) is 9.59 Å². The van der Waals surface area contributed by atoms with Gasteiger partial charge in [0.05, 0.1) is 23.6 Å². The predicted molar refractivity (Wildman–Crippen MR) is 83.7 cm³/mol. The molecule has 3 rings (SSSR count). The standard InChI is InChI=1S/C14H15N7O2/c1-2-13(22)18-12-6-21(20-19-12)7-14(23)17-9-3-4-10-11(5-9)16-8-15-10/h3-6,8H,2,7H2,1H3,(H,15,16)(H,17,23)(H,18,22). The van der Waals surface area contributed by atoms with Crippen LogP contribution in [0.3, 0.4) is 0 Å². The van der Waals surface area contributed by atoms with Crippen molar-refractivity contribution in [1.82, 2.24) is 25.0 Å². The molecule has 0 aliphatic carbocycles. The molecule has 0 unspecified atom stereocenters. The lowest BCUT2D eigenvalue weighted by Crippen LogP contribution is -2.19. The summed E-state index contributed by atoms with van der Waals surface area (Å²) in [6, 6.07) is 5.39. The van der Waals surface area contributed by atoms with Gasteiger partial charge in [0.15, 0.2) is 5.82 Å². The van der Waals surface area contributed by atoms with Gasteiger partial charge in [-0.25, -0.2) is 9.67 Å². The second-order valence-electron chi connectivity index (χ2n) is 4.89. The number of carbonyl (C=O) groups is 2. The summed E-state index contributed by atoms with van der Waals surface area (Å²) >= 11 is 0. The first-order valence-corrected chi connectivity index (χ1v) is 7.07. The number of hydrogen-bond donors (Lipinski definition) is 3. The number of H-pyrrole nitrogens is 1. The molecule has 1 aromatic carbocycles. The Morgan fingerprint density at radius 3 is 2.96 bits per heavy atom. The van der Waals surface area contributed by atoms with Crippen LogP contribution < -0.4 is 10.6 Å². The third-order valence-electron chi connectivity index (χ3n) is 3.14. The number of aromatic amines is 1. The molecule has 0 bridgehead atoms. The third-order valence-corrected chi connectivity index (χ3v) is 3.14. The molecule has 0 radical (unpaired) electrons. The molecule has 9 nitrogen and oxygen atoms in total. The number of anilines is 2. The molecule has 9 heteroatoms. The van der Waals surface area contributed by atoms with Crippen molar-refractivity contribution in [3.05, 3.63) is 30.7 Å². The van der Waals surface area contributed by atoms with Crippen molar-refractivity contribution in [1.29, 1.82) is 0 Å². The summed E-state index contributed by atoms with van der Waals surface area (Å²) in [5, 5.41) is 12.9. The molecule has 2 heterocycles. The van der Waals surface area contributed by atoms with E-state index in [9.17, 15) is 9.59 Å². The Morgan fingerprint density at radius 1 is 1.26 bits per heavy atom. The number of carbonyl (C=O) groups excluding carboxylic acids is 2. The van der Waals surface area contributed by atoms with E-state index < -0.39 is 0 Å². The number of aromatic nitrogens is 5. The van der Waals surface area contributed by atoms with Crippen molar-refractivity contribution in [2.24, 2.45) is 0 Å². The maximum absolute atomic E-state index is 12.0. The number of nitrogens with zero attached hydrogens (tertiary/aromatic N) is 4. The number of benzene rings is 1. The molecule has 0 saturated heterocycles. The van der Waals surface area contributed by atoms with Crippen LogP contribution in [0.2, 0.25) is 0 Å². The lowest BCUT2D eigenvalue weighted by atomic mass is 10.3. The normalized spacial score (nSPS) is 10.7. The highest BCUT2D eigenvalue weighted by Gasteiger charge is 2.08. The first kappa shape index (κ1) is 14.7. The maximum atomic E-state index is 12.0. The summed E-state index contributed by atoms with van der Waals surface area (Å²) in [6.45, 7) is 1.74. The largest absolute Gasteiger partial charge is 0.345 e. The smallest absolute Gasteiger partial charge is 0.246 e. The van der Waals surface area contributed by atoms with Gasteiger partial charge < -0.3 is 15.6 Å². The van der Waals surface area contributed by atoms with Crippen LogP contribution in [0.4, 0.5) is 11.5 Å². The van der Waals surface area contributed by atoms with Crippen molar-refractivity contribution in [2.45, 2.75) is 19.9 Å². The lowest BCUT2D eigenvalue weighted by Gasteiger charge is -2.04. The molecule has 0 fully saturated rings. The average molecular weight is 313 g/mol. The topological polar surface area (TPSA) is 118 Å². The van der Waals surface area contributed by atoms with Gasteiger partial charge in [0.25, 0.3) is 0 Å². The van der Waals surface area contributed by atoms with Crippen LogP contribution in [0.5, 0.6) is 0 Å². The van der Waals surface area contributed by atoms with Crippen molar-refractivity contribution in [3.63, 3.8) is 0 Å². The number of fused-ring (bicyclic) bond motifs is 1. The molecule has 3 N–H and O–H groups in total. The Morgan fingerprint density at radius 2 is 2.13 bits per heavy atom. The molecule has 0 atom stereocenters. The minimum absolute atomic E-state index is 0.00396. The molecular weight excluding hydrogens is 298 g/mol. The molecule has 118 valence electrons. The van der Waals surface area contributed by atoms with E-state index in [1.807, 2.05) is 6.07 Å². The van der Waals surface area contributed by atoms with E-state index >= 15 is 0 Å². The fraction of sp³-hybridized carbons (Fsp3) is 0.214. The van der Waals surface area contributed by atoms with E-state index in [2.05, 4.69) is 30.9 Å². The molecule has 3 aromatic rings. The first-order valence-electron chi connectivity index (χ1n) is 7.07. The van der Waals surface area contributed by atoms with Crippen LogP contribution in [0.15, 0.2) is 30.7 Å². The molecule has 0 aliphatic rings. The number of rotatable bonds is 5. The summed E-state index contributed by atoms with van der Waals surface area (Å²) in [5.74, 6) is -0.0833. The molecule has 0 spiro atoms. The minimum Gasteiger partial charge on any atom is -0.345 e. The molecule has 23 heavy (non-hydrogen) atoms. The quantitative estimate of drug-likeness (QED) is 0.653. The Hall–Kier alpha value is -3.23. The number of nitrogens with one attached hydrogen (secondary N) is 3. The van der Waals surface area contributed by atoms with E-state index in [1.165, 1.54) is 10.9 Å². The van der Waals surface area contributed by atoms with E-state index in [0.717, 1.165) is 11.0 Å². The Kier molecular flexibility index (Phi) is 4.00. The predicted octanol–water partition coefficient (Wildman–Crippen LogP) is 1.14. The average Bonchev–Trinajstić information content (AvgIpc) is 3.15. The van der Waals surface area contributed by atoms with Crippen molar-refractivity contribution < 1.29 is 9.59 Å². The van der Waals surface area contributed by atoms with E-state index in [0.29, 0.717) is 17.9 Å². The summed E-state index contributed by atoms with van der Waals surface area (Å²) in [5.41, 5.74) is 2.33. The zero-order valence-electron chi connectivity index (χ0n) is 12.4. The van der Waals surface area contributed by atoms with Gasteiger partial charge in [-0.15, -0.1) is 5.10 Å². The second-order valence-corrected chi connectivity index (χ2v) is 4.89. The second kappa shape index (κ2) is 6.26. The fourth-order valence-corrected chi connectivity index (χ4v) is 2.03. The number of imidazole rings is 1. The number of hydrogen-bond acceptors (Lipinski definition) is 5. The molecular formula is C14H15N7O2. The van der Waals surface area contributed by atoms with Gasteiger partial charge in [0, 0.05) is 12.1 Å². The van der Waals surface area contributed by atoms with Crippen LogP contribution in [0.25, 0.3) is 11.0 Å². The number of amides is 2. The molecule has 2 aromatic heterocycles. The summed E-state index contributed by atoms with van der Waals surface area (Å²) in [7, 11) is 0. The summed E-state index contributed by atoms with van der Waals surface area (Å²) in [4.78, 5) is 30.4. The maximum Gasteiger partial charge on any atom is 0.246 e. The Labute approximate surface area is 131 Å². The first-order chi connectivity index (χ1) is 11.1. The molecule has 0 saturated carbocycles. The Bertz CT molecular complexity index is 852. The lowest BCUT2D eigenvalue weighted by molar-refractivity contribution is -0.117. The van der Waals surface area contributed by atoms with Gasteiger partial charge in [-0.05, 0) is 18.2 Å². The minimum atomic E-state index is -0.248. The zero-order chi connectivity index (χ0) is 16.2. The van der Waals surface area contributed by atoms with Gasteiger partial charge in [-0.1, -0.05) is 12.1 Å². The van der Waals surface area contributed by atoms with Gasteiger partial charge in [0.1, 0.15) is 6.54 Å². The zero-order valence-corrected chi connectivity index (χ0v) is 12.4. The highest BCUT2D eigenvalue weighted by Crippen LogP contribution is 2.15. The highest BCUT2D eigenvalue weighted by molar-refractivity contribution is 5.93. The molecule has 2 amide bonds. The van der Waals surface area contributed by atoms with Crippen LogP contribution in [-0.4, -0.2) is 36.8 Å². The van der Waals surface area contributed by atoms with E-state index in [4.69, 9.17) is 0 Å². The Balaban J connectivity index is 1.61. The van der Waals surface area contributed by atoms with Crippen molar-refractivity contribution in [3.8, 4) is 0 Å². The van der Waals surface area contributed by atoms with E-state index in [-0.39, 0.29) is 18.4 Å². The van der Waals surface area contributed by atoms with Crippen LogP contribution in [0.1, 0.15) is 13.3 Å². The van der Waals surface area contributed by atoms with Crippen molar-refractivity contribution in [2.75, 3.05) is 10.6 Å². The third kappa shape index (κ3) is 3.51. The summed E-state index contributed by atoms with van der Waals surface area (Å²) in [6.07, 6.45) is 3.45. The van der Waals surface area contributed by atoms with Crippen LogP contribution in [0, 0.1) is 0 Å². The van der Waals surface area contributed by atoms with E-state index in [1.54, 1.807) is 25.4 Å². The van der Waals surface area contributed by atoms with Gasteiger partial charge in [-0.2, -0.15) is 0 Å². The SMILES string of the molecule is CCC(=O)Nc1cn(CC(=O)Nc2ccc3nc[nH]c3c2)nn1. The fourth-order valence-electron chi connectivity index (χ4n) is 2.03. The van der Waals surface area contributed by atoms with Crippen LogP contribution >= 0.6 is 0 Å². The molecule has 0 aliphatic heterocycles. The van der Waals surface area contributed by atoms with Gasteiger partial charge >= 0.3 is 0 Å². The van der Waals surface area contributed by atoms with Gasteiger partial charge in [0.2, 0.25) is 11.8 Å².